The largest absolute Gasteiger partial charge is 0.321 e. The van der Waals surface area contributed by atoms with Crippen molar-refractivity contribution < 1.29 is 13.2 Å². The predicted octanol–water partition coefficient (Wildman–Crippen LogP) is 4.12. The standard InChI is InChI=1S/C20H18ClN3O3S/c1-14-5-8-17(9-6-14)28(26,27)24(2)16-7-10-18(19(21)12-16)20(25)23-15-4-3-11-22-13-15/h3-13H,1-2H3,(H,23,25). The highest BCUT2D eigenvalue weighted by Crippen LogP contribution is 2.27. The zero-order valence-corrected chi connectivity index (χ0v) is 16.8. The van der Waals surface area contributed by atoms with Crippen LogP contribution < -0.4 is 9.62 Å². The molecule has 0 aliphatic heterocycles. The van der Waals surface area contributed by atoms with Gasteiger partial charge in [0, 0.05) is 13.2 Å². The average Bonchev–Trinajstić information content (AvgIpc) is 2.68. The highest BCUT2D eigenvalue weighted by Gasteiger charge is 2.22. The van der Waals surface area contributed by atoms with E-state index in [0.717, 1.165) is 9.87 Å². The van der Waals surface area contributed by atoms with E-state index in [-0.39, 0.29) is 15.5 Å². The topological polar surface area (TPSA) is 79.4 Å². The van der Waals surface area contributed by atoms with E-state index in [1.807, 2.05) is 6.92 Å². The van der Waals surface area contributed by atoms with Gasteiger partial charge in [0.2, 0.25) is 0 Å². The van der Waals surface area contributed by atoms with Crippen molar-refractivity contribution in [3.63, 3.8) is 0 Å². The van der Waals surface area contributed by atoms with Gasteiger partial charge in [-0.15, -0.1) is 0 Å². The molecule has 144 valence electrons. The fraction of sp³-hybridized carbons (Fsp3) is 0.100. The van der Waals surface area contributed by atoms with E-state index in [9.17, 15) is 13.2 Å². The summed E-state index contributed by atoms with van der Waals surface area (Å²) in [6, 6.07) is 14.5. The fourth-order valence-corrected chi connectivity index (χ4v) is 3.97. The molecule has 0 spiro atoms. The van der Waals surface area contributed by atoms with Gasteiger partial charge in [-0.1, -0.05) is 29.3 Å². The van der Waals surface area contributed by atoms with Crippen LogP contribution in [0.3, 0.4) is 0 Å². The maximum Gasteiger partial charge on any atom is 0.264 e. The highest BCUT2D eigenvalue weighted by atomic mass is 35.5. The molecule has 3 aromatic rings. The third-order valence-corrected chi connectivity index (χ3v) is 6.27. The first kappa shape index (κ1) is 19.9. The summed E-state index contributed by atoms with van der Waals surface area (Å²) in [6.07, 6.45) is 3.11. The van der Waals surface area contributed by atoms with E-state index in [2.05, 4.69) is 10.3 Å². The van der Waals surface area contributed by atoms with Gasteiger partial charge < -0.3 is 5.32 Å². The second-order valence-electron chi connectivity index (χ2n) is 6.15. The SMILES string of the molecule is Cc1ccc(S(=O)(=O)N(C)c2ccc(C(=O)Nc3cccnc3)c(Cl)c2)cc1. The molecule has 1 amide bonds. The maximum atomic E-state index is 12.8. The van der Waals surface area contributed by atoms with Crippen LogP contribution in [0.5, 0.6) is 0 Å². The lowest BCUT2D eigenvalue weighted by molar-refractivity contribution is 0.102. The summed E-state index contributed by atoms with van der Waals surface area (Å²) in [4.78, 5) is 16.5. The smallest absolute Gasteiger partial charge is 0.264 e. The molecule has 6 nitrogen and oxygen atoms in total. The van der Waals surface area contributed by atoms with Crippen molar-refractivity contribution >= 4 is 38.9 Å². The van der Waals surface area contributed by atoms with Crippen LogP contribution >= 0.6 is 11.6 Å². The summed E-state index contributed by atoms with van der Waals surface area (Å²) in [5.74, 6) is -0.409. The molecule has 1 heterocycles. The molecule has 0 aliphatic carbocycles. The number of hydrogen-bond acceptors (Lipinski definition) is 4. The quantitative estimate of drug-likeness (QED) is 0.679. The monoisotopic (exact) mass is 415 g/mol. The number of amides is 1. The Balaban J connectivity index is 1.85. The number of pyridine rings is 1. The molecular formula is C20H18ClN3O3S. The Morgan fingerprint density at radius 1 is 1.11 bits per heavy atom. The zero-order valence-electron chi connectivity index (χ0n) is 15.3. The van der Waals surface area contributed by atoms with E-state index in [1.54, 1.807) is 42.6 Å². The summed E-state index contributed by atoms with van der Waals surface area (Å²) >= 11 is 6.25. The summed E-state index contributed by atoms with van der Waals surface area (Å²) in [7, 11) is -2.30. The lowest BCUT2D eigenvalue weighted by Crippen LogP contribution is -2.26. The average molecular weight is 416 g/mol. The van der Waals surface area contributed by atoms with Crippen LogP contribution in [-0.4, -0.2) is 26.4 Å². The van der Waals surface area contributed by atoms with E-state index in [0.29, 0.717) is 11.4 Å². The highest BCUT2D eigenvalue weighted by molar-refractivity contribution is 7.92. The van der Waals surface area contributed by atoms with Crippen molar-refractivity contribution in [2.45, 2.75) is 11.8 Å². The number of carbonyl (C=O) groups is 1. The van der Waals surface area contributed by atoms with E-state index in [1.165, 1.54) is 31.4 Å². The van der Waals surface area contributed by atoms with Crippen LogP contribution in [0.4, 0.5) is 11.4 Å². The van der Waals surface area contributed by atoms with Crippen LogP contribution in [0.25, 0.3) is 0 Å². The van der Waals surface area contributed by atoms with E-state index < -0.39 is 15.9 Å². The van der Waals surface area contributed by atoms with Crippen molar-refractivity contribution in [1.29, 1.82) is 0 Å². The molecule has 2 aromatic carbocycles. The number of halogens is 1. The van der Waals surface area contributed by atoms with E-state index >= 15 is 0 Å². The van der Waals surface area contributed by atoms with Crippen LogP contribution in [0.2, 0.25) is 5.02 Å². The number of nitrogens with one attached hydrogen (secondary N) is 1. The number of carbonyl (C=O) groups excluding carboxylic acids is 1. The molecule has 28 heavy (non-hydrogen) atoms. The molecule has 0 fully saturated rings. The number of rotatable bonds is 5. The van der Waals surface area contributed by atoms with Crippen molar-refractivity contribution in [1.82, 2.24) is 4.98 Å². The van der Waals surface area contributed by atoms with Gasteiger partial charge in [0.15, 0.2) is 0 Å². The second kappa shape index (κ2) is 8.00. The molecule has 0 bridgehead atoms. The van der Waals surface area contributed by atoms with Crippen LogP contribution in [0.15, 0.2) is 71.9 Å². The molecule has 0 aliphatic rings. The Morgan fingerprint density at radius 3 is 2.43 bits per heavy atom. The van der Waals surface area contributed by atoms with Crippen molar-refractivity contribution in [2.75, 3.05) is 16.7 Å². The zero-order chi connectivity index (χ0) is 20.3. The third-order valence-electron chi connectivity index (χ3n) is 4.16. The number of sulfonamides is 1. The Hall–Kier alpha value is -2.90. The van der Waals surface area contributed by atoms with Gasteiger partial charge in [-0.2, -0.15) is 0 Å². The molecular weight excluding hydrogens is 398 g/mol. The summed E-state index contributed by atoms with van der Waals surface area (Å²) in [5.41, 5.74) is 2.08. The van der Waals surface area contributed by atoms with Crippen LogP contribution in [0.1, 0.15) is 15.9 Å². The minimum absolute atomic E-state index is 0.143. The van der Waals surface area contributed by atoms with Gasteiger partial charge >= 0.3 is 0 Å². The second-order valence-corrected chi connectivity index (χ2v) is 8.52. The van der Waals surface area contributed by atoms with Crippen molar-refractivity contribution in [3.05, 3.63) is 83.1 Å². The first-order valence-corrected chi connectivity index (χ1v) is 10.2. The minimum atomic E-state index is -3.74. The van der Waals surface area contributed by atoms with Crippen LogP contribution in [0, 0.1) is 6.92 Å². The number of hydrogen-bond donors (Lipinski definition) is 1. The number of benzene rings is 2. The predicted molar refractivity (Wildman–Crippen MR) is 110 cm³/mol. The fourth-order valence-electron chi connectivity index (χ4n) is 2.53. The number of nitrogens with zero attached hydrogens (tertiary/aromatic N) is 2. The lowest BCUT2D eigenvalue weighted by Gasteiger charge is -2.20. The molecule has 1 N–H and O–H groups in total. The molecule has 0 atom stereocenters. The summed E-state index contributed by atoms with van der Waals surface area (Å²) in [5, 5.41) is 2.83. The minimum Gasteiger partial charge on any atom is -0.321 e. The molecule has 8 heteroatoms. The van der Waals surface area contributed by atoms with Crippen LogP contribution in [-0.2, 0) is 10.0 Å². The van der Waals surface area contributed by atoms with E-state index in [4.69, 9.17) is 11.6 Å². The molecule has 0 saturated heterocycles. The number of anilines is 2. The Morgan fingerprint density at radius 2 is 1.82 bits per heavy atom. The normalized spacial score (nSPS) is 11.1. The summed E-state index contributed by atoms with van der Waals surface area (Å²) < 4.78 is 26.8. The Bertz CT molecular complexity index is 1100. The maximum absolute atomic E-state index is 12.8. The van der Waals surface area contributed by atoms with Gasteiger partial charge in [-0.05, 0) is 49.4 Å². The van der Waals surface area contributed by atoms with Gasteiger partial charge in [0.1, 0.15) is 0 Å². The Kier molecular flexibility index (Phi) is 5.67. The molecule has 0 saturated carbocycles. The third kappa shape index (κ3) is 4.16. The lowest BCUT2D eigenvalue weighted by atomic mass is 10.2. The first-order valence-electron chi connectivity index (χ1n) is 8.35. The van der Waals surface area contributed by atoms with Crippen molar-refractivity contribution in [3.8, 4) is 0 Å². The number of aromatic nitrogens is 1. The van der Waals surface area contributed by atoms with Crippen molar-refractivity contribution in [2.24, 2.45) is 0 Å². The van der Waals surface area contributed by atoms with Gasteiger partial charge in [-0.3, -0.25) is 14.1 Å². The Labute approximate surface area is 168 Å². The summed E-state index contributed by atoms with van der Waals surface area (Å²) in [6.45, 7) is 1.88. The van der Waals surface area contributed by atoms with Gasteiger partial charge in [0.05, 0.1) is 33.1 Å². The molecule has 3 rings (SSSR count). The first-order chi connectivity index (χ1) is 13.3. The van der Waals surface area contributed by atoms with Gasteiger partial charge in [-0.25, -0.2) is 8.42 Å². The molecule has 0 radical (unpaired) electrons. The molecule has 1 aromatic heterocycles. The van der Waals surface area contributed by atoms with Gasteiger partial charge in [0.25, 0.3) is 15.9 Å². The number of aryl methyl sites for hydroxylation is 1. The molecule has 0 unspecified atom stereocenters.